The Balaban J connectivity index is 2.27. The third-order valence-corrected chi connectivity index (χ3v) is 3.82. The van der Waals surface area contributed by atoms with Crippen LogP contribution in [0.2, 0.25) is 5.02 Å². The van der Waals surface area contributed by atoms with Gasteiger partial charge in [-0.05, 0) is 48.7 Å². The van der Waals surface area contributed by atoms with Crippen molar-refractivity contribution in [3.05, 3.63) is 68.9 Å². The third-order valence-electron chi connectivity index (χ3n) is 3.04. The van der Waals surface area contributed by atoms with Gasteiger partial charge in [-0.15, -0.1) is 0 Å². The Morgan fingerprint density at radius 3 is 2.63 bits per heavy atom. The fourth-order valence-electron chi connectivity index (χ4n) is 2.02. The number of rotatable bonds is 3. The minimum absolute atomic E-state index is 0.127. The molecule has 0 aromatic heterocycles. The van der Waals surface area contributed by atoms with Gasteiger partial charge in [0.25, 0.3) is 0 Å². The second kappa shape index (κ2) is 5.61. The van der Waals surface area contributed by atoms with E-state index in [0.29, 0.717) is 6.42 Å². The molecule has 0 radical (unpaired) electrons. The number of hydrogen-bond donors (Lipinski definition) is 1. The number of hydrogen-bond acceptors (Lipinski definition) is 1. The highest BCUT2D eigenvalue weighted by atomic mass is 79.9. The molecule has 2 aromatic rings. The van der Waals surface area contributed by atoms with Crippen LogP contribution in [0.1, 0.15) is 18.1 Å². The van der Waals surface area contributed by atoms with Crippen LogP contribution in [0.3, 0.4) is 0 Å². The van der Waals surface area contributed by atoms with Crippen molar-refractivity contribution in [2.75, 3.05) is 0 Å². The molecule has 0 amide bonds. The zero-order valence-electron chi connectivity index (χ0n) is 10.5. The van der Waals surface area contributed by atoms with Crippen LogP contribution < -0.4 is 5.73 Å². The summed E-state index contributed by atoms with van der Waals surface area (Å²) in [6.07, 6.45) is 0.587. The summed E-state index contributed by atoms with van der Waals surface area (Å²) in [4.78, 5) is 0. The molecule has 0 saturated heterocycles. The van der Waals surface area contributed by atoms with Crippen LogP contribution in [-0.4, -0.2) is 0 Å². The lowest BCUT2D eigenvalue weighted by atomic mass is 9.87. The van der Waals surface area contributed by atoms with E-state index in [9.17, 15) is 4.39 Å². The van der Waals surface area contributed by atoms with Crippen molar-refractivity contribution >= 4 is 27.5 Å². The van der Waals surface area contributed by atoms with Crippen molar-refractivity contribution in [2.24, 2.45) is 5.73 Å². The first kappa shape index (κ1) is 14.5. The molecule has 0 aliphatic heterocycles. The molecule has 4 heteroatoms. The Bertz CT molecular complexity index is 598. The number of benzene rings is 2. The van der Waals surface area contributed by atoms with E-state index in [-0.39, 0.29) is 5.02 Å². The summed E-state index contributed by atoms with van der Waals surface area (Å²) < 4.78 is 14.1. The van der Waals surface area contributed by atoms with Gasteiger partial charge < -0.3 is 5.73 Å². The van der Waals surface area contributed by atoms with Gasteiger partial charge in [-0.25, -0.2) is 4.39 Å². The van der Waals surface area contributed by atoms with E-state index >= 15 is 0 Å². The molecule has 100 valence electrons. The average molecular weight is 343 g/mol. The van der Waals surface area contributed by atoms with Gasteiger partial charge in [-0.1, -0.05) is 45.7 Å². The molecule has 19 heavy (non-hydrogen) atoms. The summed E-state index contributed by atoms with van der Waals surface area (Å²) in [6, 6.07) is 12.6. The quantitative estimate of drug-likeness (QED) is 0.862. The Hall–Kier alpha value is -0.900. The molecular weight excluding hydrogens is 329 g/mol. The van der Waals surface area contributed by atoms with E-state index < -0.39 is 11.4 Å². The van der Waals surface area contributed by atoms with Crippen LogP contribution in [0, 0.1) is 5.82 Å². The Kier molecular flexibility index (Phi) is 4.29. The first-order valence-corrected chi connectivity index (χ1v) is 7.04. The highest BCUT2D eigenvalue weighted by Gasteiger charge is 2.22. The molecule has 0 aliphatic rings. The minimum atomic E-state index is -0.537. The molecule has 2 N–H and O–H groups in total. The standard InChI is InChI=1S/C15H14BrClFN/c1-15(19,11-3-2-4-12(16)8-11)9-10-5-6-14(18)13(17)7-10/h2-8H,9,19H2,1H3. The topological polar surface area (TPSA) is 26.0 Å². The van der Waals surface area contributed by atoms with Gasteiger partial charge in [0.2, 0.25) is 0 Å². The fourth-order valence-corrected chi connectivity index (χ4v) is 2.62. The van der Waals surface area contributed by atoms with E-state index in [2.05, 4.69) is 15.9 Å². The Morgan fingerprint density at radius 2 is 2.00 bits per heavy atom. The molecule has 0 spiro atoms. The lowest BCUT2D eigenvalue weighted by molar-refractivity contribution is 0.490. The van der Waals surface area contributed by atoms with Crippen LogP contribution in [0.25, 0.3) is 0 Å². The molecule has 1 nitrogen and oxygen atoms in total. The van der Waals surface area contributed by atoms with Gasteiger partial charge in [0.1, 0.15) is 5.82 Å². The molecule has 2 rings (SSSR count). The summed E-state index contributed by atoms with van der Waals surface area (Å²) in [5.74, 6) is -0.411. The van der Waals surface area contributed by atoms with Crippen molar-refractivity contribution in [3.8, 4) is 0 Å². The molecule has 0 aliphatic carbocycles. The largest absolute Gasteiger partial charge is 0.321 e. The van der Waals surface area contributed by atoms with Crippen molar-refractivity contribution < 1.29 is 4.39 Å². The van der Waals surface area contributed by atoms with Gasteiger partial charge >= 0.3 is 0 Å². The Labute approximate surface area is 125 Å². The molecule has 0 heterocycles. The second-order valence-corrected chi connectivity index (χ2v) is 6.18. The predicted molar refractivity (Wildman–Crippen MR) is 80.8 cm³/mol. The smallest absolute Gasteiger partial charge is 0.141 e. The van der Waals surface area contributed by atoms with Crippen LogP contribution >= 0.6 is 27.5 Å². The maximum absolute atomic E-state index is 13.1. The zero-order chi connectivity index (χ0) is 14.0. The first-order chi connectivity index (χ1) is 8.88. The maximum Gasteiger partial charge on any atom is 0.141 e. The normalized spacial score (nSPS) is 14.2. The predicted octanol–water partition coefficient (Wildman–Crippen LogP) is 4.66. The van der Waals surface area contributed by atoms with E-state index in [0.717, 1.165) is 15.6 Å². The van der Waals surface area contributed by atoms with Crippen LogP contribution in [-0.2, 0) is 12.0 Å². The van der Waals surface area contributed by atoms with Crippen LogP contribution in [0.15, 0.2) is 46.9 Å². The molecule has 0 fully saturated rings. The highest BCUT2D eigenvalue weighted by molar-refractivity contribution is 9.10. The van der Waals surface area contributed by atoms with Gasteiger partial charge in [0.05, 0.1) is 5.02 Å². The van der Waals surface area contributed by atoms with Crippen molar-refractivity contribution in [3.63, 3.8) is 0 Å². The summed E-state index contributed by atoms with van der Waals surface area (Å²) in [6.45, 7) is 1.95. The van der Waals surface area contributed by atoms with Crippen molar-refractivity contribution in [1.82, 2.24) is 0 Å². The van der Waals surface area contributed by atoms with Crippen molar-refractivity contribution in [2.45, 2.75) is 18.9 Å². The summed E-state index contributed by atoms with van der Waals surface area (Å²) >= 11 is 9.23. The van der Waals surface area contributed by atoms with Crippen LogP contribution in [0.5, 0.6) is 0 Å². The van der Waals surface area contributed by atoms with E-state index in [4.69, 9.17) is 17.3 Å². The van der Waals surface area contributed by atoms with E-state index in [1.165, 1.54) is 6.07 Å². The van der Waals surface area contributed by atoms with Gasteiger partial charge in [0.15, 0.2) is 0 Å². The van der Waals surface area contributed by atoms with E-state index in [1.54, 1.807) is 12.1 Å². The van der Waals surface area contributed by atoms with Gasteiger partial charge in [-0.2, -0.15) is 0 Å². The molecule has 0 saturated carbocycles. The lowest BCUT2D eigenvalue weighted by Crippen LogP contribution is -2.35. The number of halogens is 3. The van der Waals surface area contributed by atoms with Crippen LogP contribution in [0.4, 0.5) is 4.39 Å². The highest BCUT2D eigenvalue weighted by Crippen LogP contribution is 2.26. The molecule has 0 bridgehead atoms. The molecular formula is C15H14BrClFN. The number of nitrogens with two attached hydrogens (primary N) is 1. The lowest BCUT2D eigenvalue weighted by Gasteiger charge is -2.26. The molecule has 1 atom stereocenters. The minimum Gasteiger partial charge on any atom is -0.321 e. The Morgan fingerprint density at radius 1 is 1.26 bits per heavy atom. The molecule has 2 aromatic carbocycles. The second-order valence-electron chi connectivity index (χ2n) is 4.85. The van der Waals surface area contributed by atoms with Gasteiger partial charge in [0, 0.05) is 10.0 Å². The molecule has 1 unspecified atom stereocenters. The first-order valence-electron chi connectivity index (χ1n) is 5.87. The summed E-state index contributed by atoms with van der Waals surface area (Å²) in [5.41, 5.74) is 7.76. The monoisotopic (exact) mass is 341 g/mol. The summed E-state index contributed by atoms with van der Waals surface area (Å²) in [7, 11) is 0. The third kappa shape index (κ3) is 3.56. The SMILES string of the molecule is CC(N)(Cc1ccc(F)c(Cl)c1)c1cccc(Br)c1. The zero-order valence-corrected chi connectivity index (χ0v) is 12.8. The van der Waals surface area contributed by atoms with E-state index in [1.807, 2.05) is 31.2 Å². The summed E-state index contributed by atoms with van der Waals surface area (Å²) in [5, 5.41) is 0.127. The van der Waals surface area contributed by atoms with Crippen molar-refractivity contribution in [1.29, 1.82) is 0 Å². The van der Waals surface area contributed by atoms with Gasteiger partial charge in [-0.3, -0.25) is 0 Å². The average Bonchev–Trinajstić information content (AvgIpc) is 2.33. The fraction of sp³-hybridized carbons (Fsp3) is 0.200. The maximum atomic E-state index is 13.1.